The molecule has 2 heterocycles. The molecule has 0 bridgehead atoms. The van der Waals surface area contributed by atoms with E-state index in [1.807, 2.05) is 11.8 Å². The second-order valence-electron chi connectivity index (χ2n) is 3.94. The van der Waals surface area contributed by atoms with Crippen LogP contribution in [0.2, 0.25) is 0 Å². The fraction of sp³-hybridized carbons (Fsp3) is 0.700. The van der Waals surface area contributed by atoms with Gasteiger partial charge in [0, 0.05) is 6.54 Å². The Bertz CT molecular complexity index is 370. The quantitative estimate of drug-likeness (QED) is 0.830. The van der Waals surface area contributed by atoms with Crippen LogP contribution in [0.3, 0.4) is 0 Å². The molecule has 0 saturated carbocycles. The first kappa shape index (κ1) is 12.2. The zero-order valence-corrected chi connectivity index (χ0v) is 10.7. The minimum atomic E-state index is 0.179. The van der Waals surface area contributed by atoms with E-state index in [1.54, 1.807) is 0 Å². The van der Waals surface area contributed by atoms with Crippen molar-refractivity contribution in [2.75, 3.05) is 36.2 Å². The van der Waals surface area contributed by atoms with Crippen molar-refractivity contribution in [2.24, 2.45) is 5.92 Å². The van der Waals surface area contributed by atoms with Crippen molar-refractivity contribution in [3.63, 3.8) is 0 Å². The van der Waals surface area contributed by atoms with E-state index in [-0.39, 0.29) is 12.0 Å². The molecule has 0 aromatic carbocycles. The highest BCUT2D eigenvalue weighted by molar-refractivity contribution is 7.99. The molecule has 7 heteroatoms. The smallest absolute Gasteiger partial charge is 0.322 e. The monoisotopic (exact) mass is 255 g/mol. The lowest BCUT2D eigenvalue weighted by Crippen LogP contribution is -2.20. The number of nitrogens with zero attached hydrogens (tertiary/aromatic N) is 3. The number of ether oxygens (including phenoxy) is 1. The van der Waals surface area contributed by atoms with Gasteiger partial charge in [0.05, 0.1) is 7.11 Å². The molecule has 1 aliphatic rings. The molecule has 94 valence electrons. The van der Waals surface area contributed by atoms with Gasteiger partial charge in [-0.1, -0.05) is 0 Å². The average Bonchev–Trinajstić information content (AvgIpc) is 2.37. The van der Waals surface area contributed by atoms with E-state index in [9.17, 15) is 0 Å². The van der Waals surface area contributed by atoms with Crippen LogP contribution in [-0.4, -0.2) is 40.1 Å². The maximum atomic E-state index is 5.56. The molecule has 3 N–H and O–H groups in total. The van der Waals surface area contributed by atoms with Gasteiger partial charge in [-0.3, -0.25) is 0 Å². The predicted octanol–water partition coefficient (Wildman–Crippen LogP) is 1.02. The van der Waals surface area contributed by atoms with Crippen LogP contribution in [0.25, 0.3) is 0 Å². The SMILES string of the molecule is COc1nc(N)nc(NCC2CCSCC2)n1. The normalized spacial score (nSPS) is 16.8. The van der Waals surface area contributed by atoms with Gasteiger partial charge in [-0.15, -0.1) is 0 Å². The zero-order valence-electron chi connectivity index (χ0n) is 9.85. The van der Waals surface area contributed by atoms with Gasteiger partial charge < -0.3 is 15.8 Å². The predicted molar refractivity (Wildman–Crippen MR) is 69.3 cm³/mol. The van der Waals surface area contributed by atoms with Crippen molar-refractivity contribution < 1.29 is 4.74 Å². The van der Waals surface area contributed by atoms with E-state index in [0.717, 1.165) is 6.54 Å². The van der Waals surface area contributed by atoms with E-state index in [1.165, 1.54) is 31.5 Å². The van der Waals surface area contributed by atoms with E-state index in [2.05, 4.69) is 20.3 Å². The highest BCUT2D eigenvalue weighted by Gasteiger charge is 2.14. The minimum absolute atomic E-state index is 0.179. The molecular weight excluding hydrogens is 238 g/mol. The molecule has 0 atom stereocenters. The van der Waals surface area contributed by atoms with E-state index >= 15 is 0 Å². The molecule has 1 aromatic heterocycles. The number of nitrogen functional groups attached to an aromatic ring is 1. The van der Waals surface area contributed by atoms with Gasteiger partial charge in [-0.2, -0.15) is 26.7 Å². The van der Waals surface area contributed by atoms with Crippen molar-refractivity contribution in [3.8, 4) is 6.01 Å². The van der Waals surface area contributed by atoms with Gasteiger partial charge in [0.15, 0.2) is 0 Å². The fourth-order valence-corrected chi connectivity index (χ4v) is 2.93. The lowest BCUT2D eigenvalue weighted by molar-refractivity contribution is 0.379. The summed E-state index contributed by atoms with van der Waals surface area (Å²) < 4.78 is 4.94. The summed E-state index contributed by atoms with van der Waals surface area (Å²) in [5.74, 6) is 3.86. The van der Waals surface area contributed by atoms with Crippen LogP contribution in [0, 0.1) is 5.92 Å². The molecule has 0 spiro atoms. The van der Waals surface area contributed by atoms with Crippen LogP contribution in [0.4, 0.5) is 11.9 Å². The molecule has 0 radical (unpaired) electrons. The second kappa shape index (κ2) is 5.90. The number of nitrogens with one attached hydrogen (secondary N) is 1. The summed E-state index contributed by atoms with van der Waals surface area (Å²) in [7, 11) is 1.51. The summed E-state index contributed by atoms with van der Waals surface area (Å²) in [5, 5.41) is 3.20. The summed E-state index contributed by atoms with van der Waals surface area (Å²) >= 11 is 2.02. The third-order valence-corrected chi connectivity index (χ3v) is 3.75. The van der Waals surface area contributed by atoms with Crippen LogP contribution in [-0.2, 0) is 0 Å². The maximum absolute atomic E-state index is 5.56. The van der Waals surface area contributed by atoms with Gasteiger partial charge in [0.25, 0.3) is 0 Å². The van der Waals surface area contributed by atoms with Gasteiger partial charge in [-0.05, 0) is 30.3 Å². The molecular formula is C10H17N5OS. The first-order valence-electron chi connectivity index (χ1n) is 5.65. The molecule has 2 rings (SSSR count). The van der Waals surface area contributed by atoms with Crippen molar-refractivity contribution in [1.29, 1.82) is 0 Å². The second-order valence-corrected chi connectivity index (χ2v) is 5.17. The Kier molecular flexibility index (Phi) is 4.24. The molecule has 1 saturated heterocycles. The topological polar surface area (TPSA) is 86.0 Å². The van der Waals surface area contributed by atoms with Gasteiger partial charge in [0.1, 0.15) is 0 Å². The third-order valence-electron chi connectivity index (χ3n) is 2.70. The molecule has 1 aromatic rings. The number of thioether (sulfide) groups is 1. The highest BCUT2D eigenvalue weighted by atomic mass is 32.2. The van der Waals surface area contributed by atoms with Crippen molar-refractivity contribution in [2.45, 2.75) is 12.8 Å². The fourth-order valence-electron chi connectivity index (χ4n) is 1.73. The van der Waals surface area contributed by atoms with Crippen molar-refractivity contribution >= 4 is 23.7 Å². The Hall–Kier alpha value is -1.24. The van der Waals surface area contributed by atoms with Crippen LogP contribution < -0.4 is 15.8 Å². The summed E-state index contributed by atoms with van der Waals surface area (Å²) in [4.78, 5) is 12.0. The molecule has 1 fully saturated rings. The number of hydrogen-bond donors (Lipinski definition) is 2. The largest absolute Gasteiger partial charge is 0.467 e. The summed E-state index contributed by atoms with van der Waals surface area (Å²) in [5.41, 5.74) is 5.56. The van der Waals surface area contributed by atoms with Crippen LogP contribution in [0.5, 0.6) is 6.01 Å². The third kappa shape index (κ3) is 3.62. The molecule has 6 nitrogen and oxygen atoms in total. The molecule has 0 amide bonds. The van der Waals surface area contributed by atoms with Crippen molar-refractivity contribution in [1.82, 2.24) is 15.0 Å². The number of methoxy groups -OCH3 is 1. The van der Waals surface area contributed by atoms with E-state index < -0.39 is 0 Å². The molecule has 0 aliphatic carbocycles. The van der Waals surface area contributed by atoms with Crippen LogP contribution in [0.1, 0.15) is 12.8 Å². The van der Waals surface area contributed by atoms with E-state index in [4.69, 9.17) is 10.5 Å². The molecule has 1 aliphatic heterocycles. The first-order chi connectivity index (χ1) is 8.28. The summed E-state index contributed by atoms with van der Waals surface area (Å²) in [6, 6.07) is 0.249. The Labute approximate surface area is 105 Å². The number of hydrogen-bond acceptors (Lipinski definition) is 7. The highest BCUT2D eigenvalue weighted by Crippen LogP contribution is 2.22. The van der Waals surface area contributed by atoms with Gasteiger partial charge in [0.2, 0.25) is 11.9 Å². The van der Waals surface area contributed by atoms with E-state index in [0.29, 0.717) is 11.9 Å². The Balaban J connectivity index is 1.91. The first-order valence-corrected chi connectivity index (χ1v) is 6.80. The maximum Gasteiger partial charge on any atom is 0.322 e. The zero-order chi connectivity index (χ0) is 12.1. The molecule has 17 heavy (non-hydrogen) atoms. The average molecular weight is 255 g/mol. The van der Waals surface area contributed by atoms with Crippen molar-refractivity contribution in [3.05, 3.63) is 0 Å². The number of nitrogens with two attached hydrogens (primary N) is 1. The number of rotatable bonds is 4. The molecule has 0 unspecified atom stereocenters. The summed E-state index contributed by atoms with van der Waals surface area (Å²) in [6.07, 6.45) is 2.49. The van der Waals surface area contributed by atoms with Gasteiger partial charge >= 0.3 is 6.01 Å². The minimum Gasteiger partial charge on any atom is -0.467 e. The number of anilines is 2. The van der Waals surface area contributed by atoms with Gasteiger partial charge in [-0.25, -0.2) is 0 Å². The summed E-state index contributed by atoms with van der Waals surface area (Å²) in [6.45, 7) is 0.882. The standard InChI is InChI=1S/C10H17N5OS/c1-16-10-14-8(11)13-9(15-10)12-6-7-2-4-17-5-3-7/h7H,2-6H2,1H3,(H3,11,12,13,14,15). The Morgan fingerprint density at radius 1 is 1.35 bits per heavy atom. The Morgan fingerprint density at radius 3 is 2.82 bits per heavy atom. The lowest BCUT2D eigenvalue weighted by atomic mass is 10.0. The number of aromatic nitrogens is 3. The van der Waals surface area contributed by atoms with Crippen LogP contribution in [0.15, 0.2) is 0 Å². The Morgan fingerprint density at radius 2 is 2.12 bits per heavy atom. The lowest BCUT2D eigenvalue weighted by Gasteiger charge is -2.21. The van der Waals surface area contributed by atoms with Crippen LogP contribution >= 0.6 is 11.8 Å².